The summed E-state index contributed by atoms with van der Waals surface area (Å²) in [7, 11) is -3.58. The van der Waals surface area contributed by atoms with E-state index in [9.17, 15) is 13.5 Å². The first-order chi connectivity index (χ1) is 9.83. The summed E-state index contributed by atoms with van der Waals surface area (Å²) in [6.07, 6.45) is 0. The van der Waals surface area contributed by atoms with E-state index in [0.29, 0.717) is 11.1 Å². The summed E-state index contributed by atoms with van der Waals surface area (Å²) < 4.78 is 27.5. The molecule has 0 atom stereocenters. The fourth-order valence-corrected chi connectivity index (χ4v) is 4.36. The van der Waals surface area contributed by atoms with Crippen LogP contribution >= 0.6 is 11.3 Å². The van der Waals surface area contributed by atoms with Crippen LogP contribution in [0.15, 0.2) is 29.2 Å². The first-order valence-electron chi connectivity index (χ1n) is 6.59. The molecule has 0 aliphatic rings. The summed E-state index contributed by atoms with van der Waals surface area (Å²) in [5.41, 5.74) is 2.20. The van der Waals surface area contributed by atoms with E-state index in [0.717, 1.165) is 15.3 Å². The lowest BCUT2D eigenvalue weighted by Gasteiger charge is -2.12. The number of aryl methyl sites for hydroxylation is 3. The number of aliphatic hydroxyl groups excluding tert-OH is 1. The van der Waals surface area contributed by atoms with E-state index in [1.807, 2.05) is 26.0 Å². The van der Waals surface area contributed by atoms with Crippen LogP contribution in [-0.2, 0) is 23.2 Å². The Labute approximate surface area is 129 Å². The lowest BCUT2D eigenvalue weighted by molar-refractivity contribution is 0.280. The summed E-state index contributed by atoms with van der Waals surface area (Å²) in [5.74, 6) is 0. The molecule has 114 valence electrons. The summed E-state index contributed by atoms with van der Waals surface area (Å²) in [6.45, 7) is 5.72. The first-order valence-corrected chi connectivity index (χ1v) is 8.89. The second-order valence-electron chi connectivity index (χ2n) is 5.04. The average Bonchev–Trinajstić information content (AvgIpc) is 2.82. The molecule has 0 saturated carbocycles. The van der Waals surface area contributed by atoms with Gasteiger partial charge in [0.25, 0.3) is 0 Å². The Hall–Kier alpha value is -1.21. The zero-order valence-electron chi connectivity index (χ0n) is 12.3. The van der Waals surface area contributed by atoms with Crippen molar-refractivity contribution in [3.8, 4) is 0 Å². The molecule has 2 N–H and O–H groups in total. The zero-order valence-corrected chi connectivity index (χ0v) is 13.9. The minimum Gasteiger partial charge on any atom is -0.392 e. The van der Waals surface area contributed by atoms with Crippen LogP contribution in [-0.4, -0.2) is 13.5 Å². The van der Waals surface area contributed by atoms with E-state index in [-0.39, 0.29) is 18.0 Å². The van der Waals surface area contributed by atoms with Gasteiger partial charge >= 0.3 is 0 Å². The second kappa shape index (κ2) is 6.27. The molecular weight excluding hydrogens is 306 g/mol. The van der Waals surface area contributed by atoms with E-state index >= 15 is 0 Å². The monoisotopic (exact) mass is 325 g/mol. The maximum Gasteiger partial charge on any atom is 0.241 e. The quantitative estimate of drug-likeness (QED) is 0.888. The number of hydrogen-bond acceptors (Lipinski definition) is 4. The Bertz CT molecular complexity index is 748. The molecule has 0 radical (unpaired) electrons. The van der Waals surface area contributed by atoms with Gasteiger partial charge in [0.05, 0.1) is 11.5 Å². The molecule has 4 nitrogen and oxygen atoms in total. The first kappa shape index (κ1) is 16.2. The maximum absolute atomic E-state index is 12.4. The average molecular weight is 325 g/mol. The molecule has 1 heterocycles. The molecule has 2 rings (SSSR count). The smallest absolute Gasteiger partial charge is 0.241 e. The molecule has 21 heavy (non-hydrogen) atoms. The van der Waals surface area contributed by atoms with Gasteiger partial charge in [-0.3, -0.25) is 0 Å². The van der Waals surface area contributed by atoms with Gasteiger partial charge in [0.1, 0.15) is 0 Å². The van der Waals surface area contributed by atoms with E-state index in [2.05, 4.69) is 4.72 Å². The van der Waals surface area contributed by atoms with E-state index in [1.54, 1.807) is 30.4 Å². The number of rotatable bonds is 5. The highest BCUT2D eigenvalue weighted by molar-refractivity contribution is 7.89. The Morgan fingerprint density at radius 3 is 2.43 bits per heavy atom. The molecule has 0 bridgehead atoms. The zero-order chi connectivity index (χ0) is 15.6. The SMILES string of the molecule is Cc1ccc(CNS(=O)(=O)c2cc(CO)c(C)cc2C)s1. The van der Waals surface area contributed by atoms with Gasteiger partial charge in [0.15, 0.2) is 0 Å². The highest BCUT2D eigenvalue weighted by atomic mass is 32.2. The van der Waals surface area contributed by atoms with E-state index in [4.69, 9.17) is 0 Å². The minimum atomic E-state index is -3.58. The molecular formula is C15H19NO3S2. The van der Waals surface area contributed by atoms with Crippen LogP contribution in [0.2, 0.25) is 0 Å². The number of aliphatic hydroxyl groups is 1. The van der Waals surface area contributed by atoms with Crippen molar-refractivity contribution in [2.24, 2.45) is 0 Å². The molecule has 0 spiro atoms. The highest BCUT2D eigenvalue weighted by Crippen LogP contribution is 2.21. The van der Waals surface area contributed by atoms with Crippen molar-refractivity contribution in [3.63, 3.8) is 0 Å². The van der Waals surface area contributed by atoms with Crippen molar-refractivity contribution in [1.82, 2.24) is 4.72 Å². The third-order valence-corrected chi connectivity index (χ3v) is 5.87. The minimum absolute atomic E-state index is 0.168. The van der Waals surface area contributed by atoms with Crippen LogP contribution in [0.4, 0.5) is 0 Å². The van der Waals surface area contributed by atoms with Crippen molar-refractivity contribution >= 4 is 21.4 Å². The summed E-state index contributed by atoms with van der Waals surface area (Å²) in [4.78, 5) is 2.35. The summed E-state index contributed by atoms with van der Waals surface area (Å²) in [6, 6.07) is 7.22. The second-order valence-corrected chi connectivity index (χ2v) is 8.15. The van der Waals surface area contributed by atoms with Crippen LogP contribution in [0.1, 0.15) is 26.4 Å². The number of sulfonamides is 1. The largest absolute Gasteiger partial charge is 0.392 e. The van der Waals surface area contributed by atoms with Gasteiger partial charge in [-0.1, -0.05) is 6.07 Å². The summed E-state index contributed by atoms with van der Waals surface area (Å²) >= 11 is 1.57. The molecule has 0 aliphatic carbocycles. The maximum atomic E-state index is 12.4. The Morgan fingerprint density at radius 2 is 1.86 bits per heavy atom. The van der Waals surface area contributed by atoms with Gasteiger partial charge < -0.3 is 5.11 Å². The summed E-state index contributed by atoms with van der Waals surface area (Å²) in [5, 5.41) is 9.30. The van der Waals surface area contributed by atoms with Crippen LogP contribution in [0, 0.1) is 20.8 Å². The topological polar surface area (TPSA) is 66.4 Å². The molecule has 0 amide bonds. The van der Waals surface area contributed by atoms with Gasteiger partial charge in [-0.05, 0) is 55.7 Å². The van der Waals surface area contributed by atoms with Crippen LogP contribution in [0.5, 0.6) is 0 Å². The lowest BCUT2D eigenvalue weighted by atomic mass is 10.1. The molecule has 1 aromatic carbocycles. The van der Waals surface area contributed by atoms with Crippen LogP contribution < -0.4 is 4.72 Å². The van der Waals surface area contributed by atoms with Crippen molar-refractivity contribution in [2.75, 3.05) is 0 Å². The molecule has 1 aromatic heterocycles. The lowest BCUT2D eigenvalue weighted by Crippen LogP contribution is -2.24. The van der Waals surface area contributed by atoms with Gasteiger partial charge in [-0.2, -0.15) is 0 Å². The number of hydrogen-bond donors (Lipinski definition) is 2. The highest BCUT2D eigenvalue weighted by Gasteiger charge is 2.18. The van der Waals surface area contributed by atoms with Gasteiger partial charge in [0, 0.05) is 16.3 Å². The molecule has 2 aromatic rings. The van der Waals surface area contributed by atoms with E-state index in [1.165, 1.54) is 0 Å². The van der Waals surface area contributed by atoms with Crippen molar-refractivity contribution in [2.45, 2.75) is 38.8 Å². The third kappa shape index (κ3) is 3.71. The van der Waals surface area contributed by atoms with Crippen molar-refractivity contribution in [1.29, 1.82) is 0 Å². The van der Waals surface area contributed by atoms with Gasteiger partial charge in [-0.25, -0.2) is 13.1 Å². The van der Waals surface area contributed by atoms with E-state index < -0.39 is 10.0 Å². The normalized spacial score (nSPS) is 11.8. The Kier molecular flexibility index (Phi) is 4.83. The van der Waals surface area contributed by atoms with Crippen molar-refractivity contribution in [3.05, 3.63) is 50.7 Å². The van der Waals surface area contributed by atoms with Gasteiger partial charge in [-0.15, -0.1) is 11.3 Å². The Balaban J connectivity index is 2.27. The fraction of sp³-hybridized carbons (Fsp3) is 0.333. The third-order valence-electron chi connectivity index (χ3n) is 3.33. The Morgan fingerprint density at radius 1 is 1.14 bits per heavy atom. The number of thiophene rings is 1. The molecule has 6 heteroatoms. The fourth-order valence-electron chi connectivity index (χ4n) is 2.16. The van der Waals surface area contributed by atoms with Gasteiger partial charge in [0.2, 0.25) is 10.0 Å². The standard InChI is InChI=1S/C15H19NO3S2/c1-10-6-11(2)15(7-13(10)9-17)21(18,19)16-8-14-5-4-12(3)20-14/h4-7,16-17H,8-9H2,1-3H3. The molecule has 0 aliphatic heterocycles. The number of nitrogens with one attached hydrogen (secondary N) is 1. The molecule has 0 unspecified atom stereocenters. The van der Waals surface area contributed by atoms with Crippen molar-refractivity contribution < 1.29 is 13.5 Å². The molecule has 0 fully saturated rings. The van der Waals surface area contributed by atoms with Crippen LogP contribution in [0.25, 0.3) is 0 Å². The predicted molar refractivity (Wildman–Crippen MR) is 84.9 cm³/mol. The number of benzene rings is 1. The molecule has 0 saturated heterocycles. The van der Waals surface area contributed by atoms with Crippen LogP contribution in [0.3, 0.4) is 0 Å². The predicted octanol–water partition coefficient (Wildman–Crippen LogP) is 2.64.